The minimum absolute atomic E-state index is 0.864. The van der Waals surface area contributed by atoms with Gasteiger partial charge in [-0.2, -0.15) is 0 Å². The van der Waals surface area contributed by atoms with Gasteiger partial charge in [0.1, 0.15) is 17.8 Å². The van der Waals surface area contributed by atoms with E-state index in [2.05, 4.69) is 4.74 Å². The van der Waals surface area contributed by atoms with Crippen LogP contribution in [0.2, 0.25) is 0 Å². The first-order valence-electron chi connectivity index (χ1n) is 4.42. The molecule has 0 aromatic carbocycles. The first kappa shape index (κ1) is 15.2. The minimum Gasteiger partial charge on any atom is -0.478 e. The van der Waals surface area contributed by atoms with Crippen molar-refractivity contribution >= 4 is 5.97 Å². The van der Waals surface area contributed by atoms with Gasteiger partial charge in [-0.3, -0.25) is 5.73 Å². The number of aliphatic carboxylic acids is 1. The van der Waals surface area contributed by atoms with E-state index in [1.54, 1.807) is 0 Å². The van der Waals surface area contributed by atoms with Crippen molar-refractivity contribution in [3.05, 3.63) is 0 Å². The molecule has 0 aliphatic heterocycles. The Labute approximate surface area is 91.9 Å². The molecule has 0 aliphatic carbocycles. The van der Waals surface area contributed by atoms with Crippen LogP contribution in [0.5, 0.6) is 0 Å². The van der Waals surface area contributed by atoms with Crippen LogP contribution in [-0.4, -0.2) is 68.8 Å². The van der Waals surface area contributed by atoms with Gasteiger partial charge < -0.3 is 30.3 Å². The van der Waals surface area contributed by atoms with Crippen molar-refractivity contribution in [2.24, 2.45) is 5.73 Å². The van der Waals surface area contributed by atoms with E-state index in [9.17, 15) is 15.0 Å². The SMILES string of the molecule is CO[C@@](N)(C(=O)O)[C@@](C)(O)[C@H](O)[C@H](O)CO. The standard InChI is InChI=1S/C8H17NO7/c1-7(15,5(12)4(11)3-10)8(9,16-2)6(13)14/h4-5,10-12,15H,3,9H2,1-2H3,(H,13,14)/t4-,5-,7+,8+/m1/s1. The van der Waals surface area contributed by atoms with E-state index in [-0.39, 0.29) is 0 Å². The third kappa shape index (κ3) is 2.32. The Kier molecular flexibility index (Phi) is 4.80. The van der Waals surface area contributed by atoms with E-state index in [1.807, 2.05) is 0 Å². The predicted octanol–water partition coefficient (Wildman–Crippen LogP) is -3.16. The van der Waals surface area contributed by atoms with E-state index in [0.717, 1.165) is 14.0 Å². The summed E-state index contributed by atoms with van der Waals surface area (Å²) in [5.41, 5.74) is 0.188. The fraction of sp³-hybridized carbons (Fsp3) is 0.875. The Morgan fingerprint density at radius 1 is 1.50 bits per heavy atom. The summed E-state index contributed by atoms with van der Waals surface area (Å²) in [5, 5.41) is 45.8. The molecule has 0 heterocycles. The van der Waals surface area contributed by atoms with Crippen LogP contribution in [0.25, 0.3) is 0 Å². The molecule has 0 fully saturated rings. The lowest BCUT2D eigenvalue weighted by molar-refractivity contribution is -0.233. The van der Waals surface area contributed by atoms with Crippen molar-refractivity contribution in [3.8, 4) is 0 Å². The topological polar surface area (TPSA) is 153 Å². The average molecular weight is 239 g/mol. The molecule has 0 saturated heterocycles. The summed E-state index contributed by atoms with van der Waals surface area (Å²) >= 11 is 0. The zero-order valence-electron chi connectivity index (χ0n) is 8.99. The lowest BCUT2D eigenvalue weighted by atomic mass is 9.84. The fourth-order valence-electron chi connectivity index (χ4n) is 1.20. The highest BCUT2D eigenvalue weighted by Gasteiger charge is 2.57. The molecule has 0 amide bonds. The molecule has 0 bridgehead atoms. The normalized spacial score (nSPS) is 22.9. The van der Waals surface area contributed by atoms with Gasteiger partial charge in [-0.25, -0.2) is 4.79 Å². The van der Waals surface area contributed by atoms with E-state index in [1.165, 1.54) is 0 Å². The fourth-order valence-corrected chi connectivity index (χ4v) is 1.20. The zero-order valence-corrected chi connectivity index (χ0v) is 8.99. The molecule has 8 heteroatoms. The summed E-state index contributed by atoms with van der Waals surface area (Å²) in [5.74, 6) is -1.72. The van der Waals surface area contributed by atoms with Crippen LogP contribution in [0, 0.1) is 0 Å². The number of methoxy groups -OCH3 is 1. The molecule has 8 nitrogen and oxygen atoms in total. The quantitative estimate of drug-likeness (QED) is 0.265. The van der Waals surface area contributed by atoms with Crippen LogP contribution >= 0.6 is 0 Å². The van der Waals surface area contributed by atoms with Crippen molar-refractivity contribution in [2.75, 3.05) is 13.7 Å². The van der Waals surface area contributed by atoms with Crippen molar-refractivity contribution < 1.29 is 35.1 Å². The number of carboxylic acid groups (broad SMARTS) is 1. The number of aliphatic hydroxyl groups excluding tert-OH is 3. The molecular weight excluding hydrogens is 222 g/mol. The smallest absolute Gasteiger partial charge is 0.354 e. The Bertz CT molecular complexity index is 257. The number of aliphatic hydroxyl groups is 4. The summed E-state index contributed by atoms with van der Waals surface area (Å²) in [7, 11) is 0.931. The molecule has 0 radical (unpaired) electrons. The van der Waals surface area contributed by atoms with Crippen molar-refractivity contribution in [2.45, 2.75) is 30.5 Å². The van der Waals surface area contributed by atoms with Crippen molar-refractivity contribution in [1.29, 1.82) is 0 Å². The van der Waals surface area contributed by atoms with Crippen LogP contribution < -0.4 is 5.73 Å². The number of ether oxygens (including phenoxy) is 1. The van der Waals surface area contributed by atoms with E-state index < -0.39 is 36.1 Å². The van der Waals surface area contributed by atoms with Gasteiger partial charge in [0.05, 0.1) is 6.61 Å². The highest BCUT2D eigenvalue weighted by Crippen LogP contribution is 2.26. The van der Waals surface area contributed by atoms with E-state index in [4.69, 9.17) is 21.1 Å². The number of nitrogens with two attached hydrogens (primary N) is 1. The van der Waals surface area contributed by atoms with E-state index in [0.29, 0.717) is 0 Å². The van der Waals surface area contributed by atoms with Gasteiger partial charge in [0, 0.05) is 7.11 Å². The molecule has 0 aromatic rings. The maximum Gasteiger partial charge on any atom is 0.354 e. The van der Waals surface area contributed by atoms with Gasteiger partial charge in [-0.15, -0.1) is 0 Å². The highest BCUT2D eigenvalue weighted by atomic mass is 16.5. The van der Waals surface area contributed by atoms with Gasteiger partial charge in [0.2, 0.25) is 5.72 Å². The van der Waals surface area contributed by atoms with Crippen LogP contribution in [0.4, 0.5) is 0 Å². The van der Waals surface area contributed by atoms with Crippen LogP contribution in [0.15, 0.2) is 0 Å². The molecule has 0 aliphatic rings. The molecule has 0 unspecified atom stereocenters. The summed E-state index contributed by atoms with van der Waals surface area (Å²) < 4.78 is 4.46. The second kappa shape index (κ2) is 5.04. The van der Waals surface area contributed by atoms with Crippen molar-refractivity contribution in [3.63, 3.8) is 0 Å². The second-order valence-electron chi connectivity index (χ2n) is 3.59. The van der Waals surface area contributed by atoms with Crippen LogP contribution in [0.3, 0.4) is 0 Å². The Balaban J connectivity index is 5.22. The molecule has 96 valence electrons. The molecule has 0 aromatic heterocycles. The lowest BCUT2D eigenvalue weighted by Gasteiger charge is -2.41. The Hall–Kier alpha value is -0.770. The summed E-state index contributed by atoms with van der Waals surface area (Å²) in [6.07, 6.45) is -3.73. The van der Waals surface area contributed by atoms with Gasteiger partial charge >= 0.3 is 5.97 Å². The molecule has 0 spiro atoms. The molecule has 4 atom stereocenters. The molecule has 16 heavy (non-hydrogen) atoms. The number of carbonyl (C=O) groups is 1. The first-order valence-corrected chi connectivity index (χ1v) is 4.42. The summed E-state index contributed by atoms with van der Waals surface area (Å²) in [6, 6.07) is 0. The average Bonchev–Trinajstić information content (AvgIpc) is 2.24. The van der Waals surface area contributed by atoms with E-state index >= 15 is 0 Å². The summed E-state index contributed by atoms with van der Waals surface area (Å²) in [4.78, 5) is 10.8. The maximum atomic E-state index is 10.8. The number of carboxylic acids is 1. The number of hydrogen-bond donors (Lipinski definition) is 6. The number of rotatable bonds is 6. The van der Waals surface area contributed by atoms with Crippen LogP contribution in [-0.2, 0) is 9.53 Å². The third-order valence-electron chi connectivity index (χ3n) is 2.52. The minimum atomic E-state index is -2.61. The second-order valence-corrected chi connectivity index (χ2v) is 3.59. The molecular formula is C8H17NO7. The Morgan fingerprint density at radius 2 is 1.94 bits per heavy atom. The molecule has 0 saturated carbocycles. The lowest BCUT2D eigenvalue weighted by Crippen LogP contribution is -2.71. The van der Waals surface area contributed by atoms with Gasteiger partial charge in [0.25, 0.3) is 0 Å². The van der Waals surface area contributed by atoms with Gasteiger partial charge in [-0.1, -0.05) is 0 Å². The highest BCUT2D eigenvalue weighted by molar-refractivity contribution is 5.78. The molecule has 0 rings (SSSR count). The predicted molar refractivity (Wildman–Crippen MR) is 51.3 cm³/mol. The van der Waals surface area contributed by atoms with Crippen LogP contribution in [0.1, 0.15) is 6.92 Å². The largest absolute Gasteiger partial charge is 0.478 e. The summed E-state index contributed by atoms with van der Waals surface area (Å²) in [6.45, 7) is 0.0187. The number of hydrogen-bond acceptors (Lipinski definition) is 7. The van der Waals surface area contributed by atoms with Crippen molar-refractivity contribution in [1.82, 2.24) is 0 Å². The van der Waals surface area contributed by atoms with Gasteiger partial charge in [0.15, 0.2) is 0 Å². The van der Waals surface area contributed by atoms with Gasteiger partial charge in [-0.05, 0) is 6.92 Å². The first-order chi connectivity index (χ1) is 7.15. The third-order valence-corrected chi connectivity index (χ3v) is 2.52. The molecule has 7 N–H and O–H groups in total. The monoisotopic (exact) mass is 239 g/mol. The Morgan fingerprint density at radius 3 is 2.19 bits per heavy atom. The maximum absolute atomic E-state index is 10.8. The zero-order chi connectivity index (χ0) is 13.1.